The Labute approximate surface area is 83.9 Å². The van der Waals surface area contributed by atoms with Gasteiger partial charge in [0.1, 0.15) is 6.04 Å². The summed E-state index contributed by atoms with van der Waals surface area (Å²) in [7, 11) is 1.10. The maximum atomic E-state index is 10.8. The smallest absolute Gasteiger partial charge is 0.321 e. The molecule has 0 saturated carbocycles. The molecule has 14 heavy (non-hydrogen) atoms. The van der Waals surface area contributed by atoms with Gasteiger partial charge < -0.3 is 21.2 Å². The van der Waals surface area contributed by atoms with E-state index in [1.54, 1.807) is 0 Å². The summed E-state index contributed by atoms with van der Waals surface area (Å²) in [6.45, 7) is 0.560. The predicted molar refractivity (Wildman–Crippen MR) is 52.9 cm³/mol. The highest BCUT2D eigenvalue weighted by Gasteiger charge is 2.37. The Morgan fingerprint density at radius 2 is 2.36 bits per heavy atom. The number of carboxylic acid groups (broad SMARTS) is 1. The van der Waals surface area contributed by atoms with E-state index in [9.17, 15) is 4.79 Å². The minimum atomic E-state index is -0.837. The van der Waals surface area contributed by atoms with Crippen molar-refractivity contribution in [1.82, 2.24) is 5.32 Å². The molecule has 0 aromatic rings. The number of carboxylic acids is 1. The maximum Gasteiger partial charge on any atom is 0.321 e. The van der Waals surface area contributed by atoms with E-state index in [1.807, 2.05) is 0 Å². The molecule has 1 aliphatic rings. The molecule has 3 atom stereocenters. The summed E-state index contributed by atoms with van der Waals surface area (Å²) in [5.74, 6) is -0.858. The van der Waals surface area contributed by atoms with Gasteiger partial charge in [-0.2, -0.15) is 0 Å². The van der Waals surface area contributed by atoms with Gasteiger partial charge in [-0.3, -0.25) is 4.79 Å². The molecule has 1 rings (SSSR count). The molecule has 0 aliphatic carbocycles. The van der Waals surface area contributed by atoms with Crippen molar-refractivity contribution < 1.29 is 14.9 Å². The Bertz CT molecular complexity index is 203. The number of carbonyl (C=O) groups is 1. The first-order valence-electron chi connectivity index (χ1n) is 4.84. The summed E-state index contributed by atoms with van der Waals surface area (Å²) in [5.41, 5.74) is 5.79. The number of nitrogens with one attached hydrogen (secondary N) is 1. The quantitative estimate of drug-likeness (QED) is 0.329. The van der Waals surface area contributed by atoms with E-state index in [0.29, 0.717) is 12.9 Å². The number of nitrogens with two attached hydrogens (primary N) is 1. The van der Waals surface area contributed by atoms with E-state index in [0.717, 1.165) is 20.3 Å². The van der Waals surface area contributed by atoms with Gasteiger partial charge >= 0.3 is 5.97 Å². The molecule has 1 fully saturated rings. The Morgan fingerprint density at radius 3 is 2.93 bits per heavy atom. The zero-order valence-corrected chi connectivity index (χ0v) is 8.02. The highest BCUT2D eigenvalue weighted by molar-refractivity contribution is 6.25. The highest BCUT2D eigenvalue weighted by atomic mass is 16.4. The molecule has 0 bridgehead atoms. The lowest BCUT2D eigenvalue weighted by molar-refractivity contribution is -0.140. The summed E-state index contributed by atoms with van der Waals surface area (Å²) in [4.78, 5) is 10.8. The van der Waals surface area contributed by atoms with Crippen LogP contribution in [0.15, 0.2) is 0 Å². The summed E-state index contributed by atoms with van der Waals surface area (Å²) in [6.07, 6.45) is 2.11. The van der Waals surface area contributed by atoms with Crippen molar-refractivity contribution >= 4 is 13.5 Å². The Kier molecular flexibility index (Phi) is 4.38. The standard InChI is InChI=1S/C8H16BN2O3/c10-6-4-11-7(8(12)13)5(6)2-1-3-9-14/h5-7,11,14H,1-4,10H2,(H,12,13)/t5-,6+,7+/m1/s1. The van der Waals surface area contributed by atoms with Crippen molar-refractivity contribution in [1.29, 1.82) is 0 Å². The minimum absolute atomic E-state index is 0.0209. The predicted octanol–water partition coefficient (Wildman–Crippen LogP) is -1.20. The second-order valence-corrected chi connectivity index (χ2v) is 3.67. The fourth-order valence-corrected chi connectivity index (χ4v) is 1.91. The Hall–Kier alpha value is -0.585. The van der Waals surface area contributed by atoms with Crippen LogP contribution in [0.4, 0.5) is 0 Å². The minimum Gasteiger partial charge on any atom is -0.480 e. The molecule has 1 heterocycles. The van der Waals surface area contributed by atoms with Gasteiger partial charge in [0.15, 0.2) is 0 Å². The van der Waals surface area contributed by atoms with Crippen molar-refractivity contribution in [2.45, 2.75) is 31.2 Å². The second-order valence-electron chi connectivity index (χ2n) is 3.67. The molecule has 1 aliphatic heterocycles. The molecule has 5 N–H and O–H groups in total. The molecule has 0 aromatic carbocycles. The van der Waals surface area contributed by atoms with Gasteiger partial charge in [-0.1, -0.05) is 12.7 Å². The first-order valence-corrected chi connectivity index (χ1v) is 4.84. The molecule has 1 saturated heterocycles. The summed E-state index contributed by atoms with van der Waals surface area (Å²) >= 11 is 0. The molecule has 0 spiro atoms. The van der Waals surface area contributed by atoms with E-state index in [2.05, 4.69) is 5.32 Å². The van der Waals surface area contributed by atoms with Gasteiger partial charge in [0, 0.05) is 18.5 Å². The lowest BCUT2D eigenvalue weighted by Gasteiger charge is -2.18. The molecular weight excluding hydrogens is 183 g/mol. The number of aliphatic carboxylic acids is 1. The van der Waals surface area contributed by atoms with Crippen LogP contribution in [0.2, 0.25) is 6.32 Å². The highest BCUT2D eigenvalue weighted by Crippen LogP contribution is 2.21. The van der Waals surface area contributed by atoms with E-state index >= 15 is 0 Å². The lowest BCUT2D eigenvalue weighted by atomic mass is 9.85. The van der Waals surface area contributed by atoms with Crippen LogP contribution in [0.3, 0.4) is 0 Å². The van der Waals surface area contributed by atoms with Gasteiger partial charge in [0.05, 0.1) is 0 Å². The van der Waals surface area contributed by atoms with Gasteiger partial charge in [0.2, 0.25) is 0 Å². The molecule has 5 nitrogen and oxygen atoms in total. The van der Waals surface area contributed by atoms with E-state index in [4.69, 9.17) is 15.9 Å². The van der Waals surface area contributed by atoms with Crippen LogP contribution in [-0.4, -0.2) is 42.2 Å². The zero-order valence-electron chi connectivity index (χ0n) is 8.02. The third-order valence-electron chi connectivity index (χ3n) is 2.69. The van der Waals surface area contributed by atoms with Crippen LogP contribution in [-0.2, 0) is 4.79 Å². The van der Waals surface area contributed by atoms with Crippen molar-refractivity contribution in [2.75, 3.05) is 6.54 Å². The lowest BCUT2D eigenvalue weighted by Crippen LogP contribution is -2.37. The Morgan fingerprint density at radius 1 is 1.64 bits per heavy atom. The van der Waals surface area contributed by atoms with Gasteiger partial charge in [-0.15, -0.1) is 0 Å². The molecule has 79 valence electrons. The molecule has 1 radical (unpaired) electrons. The fraction of sp³-hybridized carbons (Fsp3) is 0.875. The van der Waals surface area contributed by atoms with Gasteiger partial charge in [-0.25, -0.2) is 0 Å². The number of hydrogen-bond acceptors (Lipinski definition) is 4. The molecule has 0 amide bonds. The third-order valence-corrected chi connectivity index (χ3v) is 2.69. The maximum absolute atomic E-state index is 10.8. The van der Waals surface area contributed by atoms with Crippen LogP contribution in [0.25, 0.3) is 0 Å². The van der Waals surface area contributed by atoms with Crippen molar-refractivity contribution in [3.8, 4) is 0 Å². The molecule has 6 heteroatoms. The topological polar surface area (TPSA) is 95.6 Å². The zero-order chi connectivity index (χ0) is 10.6. The van der Waals surface area contributed by atoms with Crippen LogP contribution in [0.1, 0.15) is 12.8 Å². The number of rotatable bonds is 5. The van der Waals surface area contributed by atoms with Crippen molar-refractivity contribution in [2.24, 2.45) is 11.7 Å². The monoisotopic (exact) mass is 199 g/mol. The fourth-order valence-electron chi connectivity index (χ4n) is 1.91. The van der Waals surface area contributed by atoms with Crippen molar-refractivity contribution in [3.05, 3.63) is 0 Å². The SMILES string of the molecule is N[C@H]1CN[C@H](C(=O)O)[C@@H]1CCC[B]O. The van der Waals surface area contributed by atoms with E-state index in [1.165, 1.54) is 0 Å². The average molecular weight is 199 g/mol. The third kappa shape index (κ3) is 2.70. The Balaban J connectivity index is 2.41. The number of hydrogen-bond donors (Lipinski definition) is 4. The first kappa shape index (κ1) is 11.5. The summed E-state index contributed by atoms with van der Waals surface area (Å²) in [6, 6.07) is -0.613. The van der Waals surface area contributed by atoms with Crippen molar-refractivity contribution in [3.63, 3.8) is 0 Å². The summed E-state index contributed by atoms with van der Waals surface area (Å²) < 4.78 is 0. The first-order chi connectivity index (χ1) is 6.66. The van der Waals surface area contributed by atoms with E-state index < -0.39 is 12.0 Å². The average Bonchev–Trinajstić information content (AvgIpc) is 2.48. The largest absolute Gasteiger partial charge is 0.480 e. The normalized spacial score (nSPS) is 31.7. The van der Waals surface area contributed by atoms with Crippen LogP contribution >= 0.6 is 0 Å². The second kappa shape index (κ2) is 5.33. The van der Waals surface area contributed by atoms with Gasteiger partial charge in [-0.05, 0) is 6.42 Å². The van der Waals surface area contributed by atoms with Crippen LogP contribution in [0.5, 0.6) is 0 Å². The molecule has 0 aromatic heterocycles. The molecular formula is C8H16BN2O3. The van der Waals surface area contributed by atoms with Crippen LogP contribution < -0.4 is 11.1 Å². The van der Waals surface area contributed by atoms with Gasteiger partial charge in [0.25, 0.3) is 7.48 Å². The molecule has 0 unspecified atom stereocenters. The summed E-state index contributed by atoms with van der Waals surface area (Å²) in [5, 5.41) is 20.3. The van der Waals surface area contributed by atoms with Crippen LogP contribution in [0, 0.1) is 5.92 Å². The van der Waals surface area contributed by atoms with E-state index in [-0.39, 0.29) is 12.0 Å².